The molecule has 0 bridgehead atoms. The standard InChI is InChI=1S/C22H24N2O4/c1-4-26-20-9-8-16(11-21(20)27-5-2)22-24-17(14-28-22)12-18(25)13-19-15(3)7-6-10-23-19/h6-11,14H,4-5,12-13H2,1-3H3. The maximum atomic E-state index is 12.4. The summed E-state index contributed by atoms with van der Waals surface area (Å²) in [6.07, 6.45) is 3.71. The molecule has 0 aliphatic heterocycles. The number of aromatic nitrogens is 2. The summed E-state index contributed by atoms with van der Waals surface area (Å²) in [5.41, 5.74) is 3.17. The van der Waals surface area contributed by atoms with Gasteiger partial charge in [0.15, 0.2) is 11.5 Å². The number of ether oxygens (including phenoxy) is 2. The Morgan fingerprint density at radius 1 is 1.07 bits per heavy atom. The number of carbonyl (C=O) groups is 1. The van der Waals surface area contributed by atoms with Crippen molar-refractivity contribution in [1.82, 2.24) is 9.97 Å². The molecule has 0 saturated carbocycles. The number of carbonyl (C=O) groups excluding carboxylic acids is 1. The predicted octanol–water partition coefficient (Wildman–Crippen LogP) is 4.20. The summed E-state index contributed by atoms with van der Waals surface area (Å²) in [6, 6.07) is 9.35. The molecule has 3 aromatic rings. The smallest absolute Gasteiger partial charge is 0.226 e. The molecule has 146 valence electrons. The van der Waals surface area contributed by atoms with E-state index in [9.17, 15) is 4.79 Å². The van der Waals surface area contributed by atoms with Gasteiger partial charge in [-0.15, -0.1) is 0 Å². The topological polar surface area (TPSA) is 74.5 Å². The molecular weight excluding hydrogens is 356 g/mol. The van der Waals surface area contributed by atoms with E-state index in [2.05, 4.69) is 9.97 Å². The average Bonchev–Trinajstić information content (AvgIpc) is 3.14. The number of Topliss-reactive ketones (excluding diaryl/α,β-unsaturated/α-hetero) is 1. The van der Waals surface area contributed by atoms with E-state index < -0.39 is 0 Å². The first-order valence-corrected chi connectivity index (χ1v) is 9.37. The van der Waals surface area contributed by atoms with E-state index in [1.54, 1.807) is 6.20 Å². The molecule has 2 aromatic heterocycles. The van der Waals surface area contributed by atoms with Gasteiger partial charge < -0.3 is 13.9 Å². The Balaban J connectivity index is 1.72. The van der Waals surface area contributed by atoms with Crippen LogP contribution in [0.5, 0.6) is 11.5 Å². The molecule has 0 spiro atoms. The lowest BCUT2D eigenvalue weighted by atomic mass is 10.1. The number of oxazole rings is 1. The van der Waals surface area contributed by atoms with E-state index in [0.717, 1.165) is 16.8 Å². The van der Waals surface area contributed by atoms with Crippen molar-refractivity contribution < 1.29 is 18.7 Å². The van der Waals surface area contributed by atoms with Crippen LogP contribution in [0.4, 0.5) is 0 Å². The van der Waals surface area contributed by atoms with Crippen molar-refractivity contribution in [3.05, 3.63) is 59.7 Å². The van der Waals surface area contributed by atoms with Crippen LogP contribution < -0.4 is 9.47 Å². The Morgan fingerprint density at radius 2 is 1.86 bits per heavy atom. The fraction of sp³-hybridized carbons (Fsp3) is 0.318. The van der Waals surface area contributed by atoms with Gasteiger partial charge in [-0.25, -0.2) is 4.98 Å². The lowest BCUT2D eigenvalue weighted by Gasteiger charge is -2.11. The number of aryl methyl sites for hydroxylation is 1. The summed E-state index contributed by atoms with van der Waals surface area (Å²) in [5.74, 6) is 1.81. The zero-order chi connectivity index (χ0) is 19.9. The molecule has 0 unspecified atom stereocenters. The zero-order valence-electron chi connectivity index (χ0n) is 16.4. The SMILES string of the molecule is CCOc1ccc(-c2nc(CC(=O)Cc3ncccc3C)co2)cc1OCC. The van der Waals surface area contributed by atoms with E-state index in [0.29, 0.717) is 36.3 Å². The highest BCUT2D eigenvalue weighted by Gasteiger charge is 2.14. The van der Waals surface area contributed by atoms with Gasteiger partial charge in [0.05, 0.1) is 31.0 Å². The summed E-state index contributed by atoms with van der Waals surface area (Å²) in [5, 5.41) is 0. The second-order valence-electron chi connectivity index (χ2n) is 6.33. The first-order valence-electron chi connectivity index (χ1n) is 9.37. The fourth-order valence-corrected chi connectivity index (χ4v) is 2.86. The zero-order valence-corrected chi connectivity index (χ0v) is 16.4. The number of pyridine rings is 1. The number of hydrogen-bond acceptors (Lipinski definition) is 6. The van der Waals surface area contributed by atoms with E-state index in [1.165, 1.54) is 6.26 Å². The molecule has 0 aliphatic carbocycles. The molecule has 0 saturated heterocycles. The van der Waals surface area contributed by atoms with Crippen molar-refractivity contribution in [1.29, 1.82) is 0 Å². The molecule has 0 amide bonds. The molecule has 0 radical (unpaired) electrons. The number of nitrogens with zero attached hydrogens (tertiary/aromatic N) is 2. The van der Waals surface area contributed by atoms with Crippen molar-refractivity contribution in [3.63, 3.8) is 0 Å². The first-order chi connectivity index (χ1) is 13.6. The number of ketones is 1. The van der Waals surface area contributed by atoms with Gasteiger partial charge in [-0.1, -0.05) is 6.07 Å². The molecule has 0 N–H and O–H groups in total. The van der Waals surface area contributed by atoms with E-state index in [4.69, 9.17) is 13.9 Å². The minimum atomic E-state index is 0.0448. The van der Waals surface area contributed by atoms with Crippen molar-refractivity contribution >= 4 is 5.78 Å². The molecule has 0 aliphatic rings. The van der Waals surface area contributed by atoms with Gasteiger partial charge in [-0.2, -0.15) is 0 Å². The Kier molecular flexibility index (Phi) is 6.42. The largest absolute Gasteiger partial charge is 0.490 e. The monoisotopic (exact) mass is 380 g/mol. The predicted molar refractivity (Wildman–Crippen MR) is 106 cm³/mol. The van der Waals surface area contributed by atoms with Crippen LogP contribution in [0.2, 0.25) is 0 Å². The average molecular weight is 380 g/mol. The lowest BCUT2D eigenvalue weighted by Crippen LogP contribution is -2.09. The lowest BCUT2D eigenvalue weighted by molar-refractivity contribution is -0.117. The number of hydrogen-bond donors (Lipinski definition) is 0. The van der Waals surface area contributed by atoms with Crippen LogP contribution in [-0.4, -0.2) is 29.0 Å². The normalized spacial score (nSPS) is 10.7. The third kappa shape index (κ3) is 4.76. The highest BCUT2D eigenvalue weighted by atomic mass is 16.5. The maximum absolute atomic E-state index is 12.4. The van der Waals surface area contributed by atoms with Gasteiger partial charge in [0.1, 0.15) is 12.0 Å². The van der Waals surface area contributed by atoms with Crippen molar-refractivity contribution in [2.24, 2.45) is 0 Å². The van der Waals surface area contributed by atoms with E-state index in [1.807, 2.05) is 51.1 Å². The van der Waals surface area contributed by atoms with E-state index >= 15 is 0 Å². The Hall–Kier alpha value is -3.15. The van der Waals surface area contributed by atoms with Crippen molar-refractivity contribution in [3.8, 4) is 23.0 Å². The van der Waals surface area contributed by atoms with Gasteiger partial charge in [-0.3, -0.25) is 9.78 Å². The molecule has 0 fully saturated rings. The van der Waals surface area contributed by atoms with Gasteiger partial charge in [0, 0.05) is 18.2 Å². The molecule has 2 heterocycles. The quantitative estimate of drug-likeness (QED) is 0.554. The molecule has 28 heavy (non-hydrogen) atoms. The van der Waals surface area contributed by atoms with Crippen molar-refractivity contribution in [2.45, 2.75) is 33.6 Å². The first kappa shape index (κ1) is 19.6. The van der Waals surface area contributed by atoms with Gasteiger partial charge in [0.2, 0.25) is 5.89 Å². The maximum Gasteiger partial charge on any atom is 0.226 e. The molecule has 1 aromatic carbocycles. The number of benzene rings is 1. The van der Waals surface area contributed by atoms with Gasteiger partial charge >= 0.3 is 0 Å². The molecule has 6 nitrogen and oxygen atoms in total. The Bertz CT molecular complexity index is 949. The summed E-state index contributed by atoms with van der Waals surface area (Å²) in [6.45, 7) is 6.88. The molecule has 0 atom stereocenters. The minimum absolute atomic E-state index is 0.0448. The van der Waals surface area contributed by atoms with Gasteiger partial charge in [-0.05, 0) is 50.6 Å². The highest BCUT2D eigenvalue weighted by Crippen LogP contribution is 2.32. The van der Waals surface area contributed by atoms with Crippen LogP contribution in [-0.2, 0) is 17.6 Å². The van der Waals surface area contributed by atoms with Crippen molar-refractivity contribution in [2.75, 3.05) is 13.2 Å². The minimum Gasteiger partial charge on any atom is -0.490 e. The molecule has 3 rings (SSSR count). The summed E-state index contributed by atoms with van der Waals surface area (Å²) >= 11 is 0. The fourth-order valence-electron chi connectivity index (χ4n) is 2.86. The van der Waals surface area contributed by atoms with E-state index in [-0.39, 0.29) is 18.6 Å². The third-order valence-electron chi connectivity index (χ3n) is 4.20. The van der Waals surface area contributed by atoms with Crippen LogP contribution in [0.1, 0.15) is 30.8 Å². The summed E-state index contributed by atoms with van der Waals surface area (Å²) < 4.78 is 16.8. The van der Waals surface area contributed by atoms with Crippen LogP contribution in [0, 0.1) is 6.92 Å². The third-order valence-corrected chi connectivity index (χ3v) is 4.20. The number of rotatable bonds is 9. The van der Waals surface area contributed by atoms with Crippen LogP contribution >= 0.6 is 0 Å². The molecule has 6 heteroatoms. The Labute approximate surface area is 164 Å². The summed E-state index contributed by atoms with van der Waals surface area (Å²) in [4.78, 5) is 21.1. The van der Waals surface area contributed by atoms with Crippen LogP contribution in [0.3, 0.4) is 0 Å². The second kappa shape index (κ2) is 9.17. The van der Waals surface area contributed by atoms with Crippen LogP contribution in [0.15, 0.2) is 47.2 Å². The highest BCUT2D eigenvalue weighted by molar-refractivity contribution is 5.82. The molecular formula is C22H24N2O4. The second-order valence-corrected chi connectivity index (χ2v) is 6.33. The Morgan fingerprint density at radius 3 is 2.61 bits per heavy atom. The van der Waals surface area contributed by atoms with Crippen LogP contribution in [0.25, 0.3) is 11.5 Å². The van der Waals surface area contributed by atoms with Gasteiger partial charge in [0.25, 0.3) is 0 Å². The summed E-state index contributed by atoms with van der Waals surface area (Å²) in [7, 11) is 0.